The molecule has 0 atom stereocenters. The predicted molar refractivity (Wildman–Crippen MR) is 82.2 cm³/mol. The van der Waals surface area contributed by atoms with Crippen LogP contribution < -0.4 is 10.6 Å². The van der Waals surface area contributed by atoms with Crippen molar-refractivity contribution >= 4 is 11.9 Å². The van der Waals surface area contributed by atoms with E-state index >= 15 is 0 Å². The fraction of sp³-hybridized carbons (Fsp3) is 0.867. The standard InChI is InChI=1S/C15H29N3O2/c1-15(2,3)20-14(19)18-12-8-7-11-17-13-9-5-4-6-10-16-13/h4-12H2,1-3H3,(H,16,17)(H,18,19). The van der Waals surface area contributed by atoms with E-state index in [0.717, 1.165) is 38.2 Å². The summed E-state index contributed by atoms with van der Waals surface area (Å²) in [5.41, 5.74) is -0.427. The summed E-state index contributed by atoms with van der Waals surface area (Å²) >= 11 is 0. The average molecular weight is 283 g/mol. The number of amidine groups is 1. The van der Waals surface area contributed by atoms with Crippen LogP contribution in [0, 0.1) is 0 Å². The van der Waals surface area contributed by atoms with Gasteiger partial charge in [0.1, 0.15) is 5.60 Å². The van der Waals surface area contributed by atoms with Crippen molar-refractivity contribution in [2.75, 3.05) is 19.6 Å². The molecule has 0 aliphatic carbocycles. The van der Waals surface area contributed by atoms with E-state index in [-0.39, 0.29) is 6.09 Å². The molecule has 5 nitrogen and oxygen atoms in total. The Labute approximate surface area is 122 Å². The molecule has 0 fully saturated rings. The number of hydrogen-bond acceptors (Lipinski definition) is 4. The van der Waals surface area contributed by atoms with Gasteiger partial charge in [0, 0.05) is 26.1 Å². The Balaban J connectivity index is 1.99. The number of rotatable bonds is 5. The van der Waals surface area contributed by atoms with Gasteiger partial charge in [-0.15, -0.1) is 0 Å². The van der Waals surface area contributed by atoms with Gasteiger partial charge >= 0.3 is 6.09 Å². The van der Waals surface area contributed by atoms with Crippen LogP contribution in [0.2, 0.25) is 0 Å². The van der Waals surface area contributed by atoms with Crippen molar-refractivity contribution in [3.05, 3.63) is 0 Å². The average Bonchev–Trinajstić information content (AvgIpc) is 2.60. The maximum atomic E-state index is 11.4. The molecule has 0 aromatic heterocycles. The lowest BCUT2D eigenvalue weighted by Crippen LogP contribution is -2.33. The summed E-state index contributed by atoms with van der Waals surface area (Å²) < 4.78 is 5.17. The van der Waals surface area contributed by atoms with Crippen LogP contribution >= 0.6 is 0 Å². The van der Waals surface area contributed by atoms with Gasteiger partial charge < -0.3 is 15.4 Å². The van der Waals surface area contributed by atoms with E-state index in [1.54, 1.807) is 0 Å². The zero-order valence-electron chi connectivity index (χ0n) is 13.1. The molecule has 1 amide bonds. The van der Waals surface area contributed by atoms with E-state index in [1.165, 1.54) is 19.3 Å². The highest BCUT2D eigenvalue weighted by Gasteiger charge is 2.15. The van der Waals surface area contributed by atoms with E-state index in [2.05, 4.69) is 15.6 Å². The summed E-state index contributed by atoms with van der Waals surface area (Å²) in [6.07, 6.45) is 6.45. The van der Waals surface area contributed by atoms with Gasteiger partial charge in [0.2, 0.25) is 0 Å². The molecule has 0 aromatic carbocycles. The van der Waals surface area contributed by atoms with Crippen LogP contribution in [0.15, 0.2) is 4.99 Å². The van der Waals surface area contributed by atoms with E-state index in [0.29, 0.717) is 6.54 Å². The smallest absolute Gasteiger partial charge is 0.407 e. The molecule has 1 aliphatic heterocycles. The van der Waals surface area contributed by atoms with Crippen LogP contribution in [0.1, 0.15) is 59.3 Å². The zero-order chi connectivity index (χ0) is 14.8. The lowest BCUT2D eigenvalue weighted by Gasteiger charge is -2.19. The van der Waals surface area contributed by atoms with Crippen LogP contribution in [0.3, 0.4) is 0 Å². The maximum Gasteiger partial charge on any atom is 0.407 e. The molecule has 0 radical (unpaired) electrons. The number of carbonyl (C=O) groups excluding carboxylic acids is 1. The SMILES string of the molecule is CC(C)(C)OC(=O)NCCCCNC1=NCCCCC1. The maximum absolute atomic E-state index is 11.4. The topological polar surface area (TPSA) is 62.7 Å². The van der Waals surface area contributed by atoms with Crippen molar-refractivity contribution in [3.8, 4) is 0 Å². The van der Waals surface area contributed by atoms with Crippen molar-refractivity contribution in [1.29, 1.82) is 0 Å². The van der Waals surface area contributed by atoms with Gasteiger partial charge in [0.15, 0.2) is 0 Å². The molecule has 20 heavy (non-hydrogen) atoms. The normalized spacial score (nSPS) is 16.1. The Hall–Kier alpha value is -1.26. The molecule has 1 aliphatic rings. The quantitative estimate of drug-likeness (QED) is 0.763. The van der Waals surface area contributed by atoms with E-state index in [1.807, 2.05) is 20.8 Å². The first kappa shape index (κ1) is 16.8. The summed E-state index contributed by atoms with van der Waals surface area (Å²) in [6, 6.07) is 0. The Morgan fingerprint density at radius 3 is 2.70 bits per heavy atom. The van der Waals surface area contributed by atoms with Gasteiger partial charge in [-0.3, -0.25) is 4.99 Å². The molecule has 5 heteroatoms. The number of amides is 1. The number of aliphatic imine (C=N–C) groups is 1. The second kappa shape index (κ2) is 8.82. The molecule has 0 bridgehead atoms. The summed E-state index contributed by atoms with van der Waals surface area (Å²) in [5.74, 6) is 1.16. The van der Waals surface area contributed by atoms with E-state index in [4.69, 9.17) is 4.74 Å². The number of nitrogens with one attached hydrogen (secondary N) is 2. The molecule has 1 rings (SSSR count). The van der Waals surface area contributed by atoms with Crippen LogP contribution in [0.4, 0.5) is 4.79 Å². The van der Waals surface area contributed by atoms with E-state index < -0.39 is 5.60 Å². The number of hydrogen-bond donors (Lipinski definition) is 2. The Morgan fingerprint density at radius 1 is 1.20 bits per heavy atom. The lowest BCUT2D eigenvalue weighted by molar-refractivity contribution is 0.0527. The third-order valence-electron chi connectivity index (χ3n) is 2.98. The first-order valence-corrected chi connectivity index (χ1v) is 7.71. The Morgan fingerprint density at radius 2 is 1.95 bits per heavy atom. The molecule has 1 heterocycles. The second-order valence-electron chi connectivity index (χ2n) is 6.20. The van der Waals surface area contributed by atoms with Gasteiger partial charge in [-0.25, -0.2) is 4.79 Å². The Bertz CT molecular complexity index is 322. The first-order valence-electron chi connectivity index (χ1n) is 7.71. The fourth-order valence-electron chi connectivity index (χ4n) is 2.01. The monoisotopic (exact) mass is 283 g/mol. The molecule has 2 N–H and O–H groups in total. The third-order valence-corrected chi connectivity index (χ3v) is 2.98. The second-order valence-corrected chi connectivity index (χ2v) is 6.20. The number of unbranched alkanes of at least 4 members (excludes halogenated alkanes) is 1. The largest absolute Gasteiger partial charge is 0.444 e. The zero-order valence-corrected chi connectivity index (χ0v) is 13.1. The molecular formula is C15H29N3O2. The highest BCUT2D eigenvalue weighted by atomic mass is 16.6. The molecule has 116 valence electrons. The van der Waals surface area contributed by atoms with E-state index in [9.17, 15) is 4.79 Å². The molecule has 0 saturated heterocycles. The van der Waals surface area contributed by atoms with Crippen molar-refractivity contribution in [1.82, 2.24) is 10.6 Å². The lowest BCUT2D eigenvalue weighted by atomic mass is 10.2. The molecule has 0 spiro atoms. The van der Waals surface area contributed by atoms with Crippen LogP contribution in [0.25, 0.3) is 0 Å². The number of nitrogens with zero attached hydrogens (tertiary/aromatic N) is 1. The summed E-state index contributed by atoms with van der Waals surface area (Å²) in [6.45, 7) is 8.14. The highest BCUT2D eigenvalue weighted by molar-refractivity contribution is 5.82. The van der Waals surface area contributed by atoms with Crippen LogP contribution in [-0.2, 0) is 4.74 Å². The third kappa shape index (κ3) is 8.77. The Kier molecular flexibility index (Phi) is 7.41. The summed E-state index contributed by atoms with van der Waals surface area (Å²) in [5, 5.41) is 6.16. The van der Waals surface area contributed by atoms with Gasteiger partial charge in [0.05, 0.1) is 5.84 Å². The fourth-order valence-corrected chi connectivity index (χ4v) is 2.01. The van der Waals surface area contributed by atoms with Crippen molar-refractivity contribution in [2.24, 2.45) is 4.99 Å². The minimum absolute atomic E-state index is 0.335. The summed E-state index contributed by atoms with van der Waals surface area (Å²) in [7, 11) is 0. The number of carbonyl (C=O) groups is 1. The van der Waals surface area contributed by atoms with Gasteiger partial charge in [-0.1, -0.05) is 6.42 Å². The number of ether oxygens (including phenoxy) is 1. The highest BCUT2D eigenvalue weighted by Crippen LogP contribution is 2.07. The molecule has 0 aromatic rings. The minimum atomic E-state index is -0.427. The molecule has 0 saturated carbocycles. The van der Waals surface area contributed by atoms with Gasteiger partial charge in [0.25, 0.3) is 0 Å². The first-order chi connectivity index (χ1) is 9.47. The molecule has 0 unspecified atom stereocenters. The molecular weight excluding hydrogens is 254 g/mol. The van der Waals surface area contributed by atoms with Gasteiger partial charge in [-0.2, -0.15) is 0 Å². The number of alkyl carbamates (subject to hydrolysis) is 1. The van der Waals surface area contributed by atoms with Crippen molar-refractivity contribution < 1.29 is 9.53 Å². The van der Waals surface area contributed by atoms with Gasteiger partial charge in [-0.05, 0) is 46.5 Å². The van der Waals surface area contributed by atoms with Crippen LogP contribution in [-0.4, -0.2) is 37.2 Å². The van der Waals surface area contributed by atoms with Crippen molar-refractivity contribution in [2.45, 2.75) is 64.9 Å². The van der Waals surface area contributed by atoms with Crippen LogP contribution in [0.5, 0.6) is 0 Å². The minimum Gasteiger partial charge on any atom is -0.444 e. The van der Waals surface area contributed by atoms with Crippen molar-refractivity contribution in [3.63, 3.8) is 0 Å². The predicted octanol–water partition coefficient (Wildman–Crippen LogP) is 2.85. The summed E-state index contributed by atoms with van der Waals surface area (Å²) in [4.78, 5) is 15.9.